The molecule has 0 radical (unpaired) electrons. The molecule has 4 rings (SSSR count). The maximum absolute atomic E-state index is 13.2. The van der Waals surface area contributed by atoms with Gasteiger partial charge in [-0.15, -0.1) is 5.10 Å². The largest absolute Gasteiger partial charge is 0.378 e. The Morgan fingerprint density at radius 2 is 1.88 bits per heavy atom. The maximum atomic E-state index is 13.2. The van der Waals surface area contributed by atoms with E-state index < -0.39 is 0 Å². The van der Waals surface area contributed by atoms with E-state index in [-0.39, 0.29) is 11.2 Å². The van der Waals surface area contributed by atoms with Crippen LogP contribution in [0.25, 0.3) is 0 Å². The first-order valence-electron chi connectivity index (χ1n) is 9.19. The second-order valence-electron chi connectivity index (χ2n) is 6.69. The van der Waals surface area contributed by atoms with Crippen molar-refractivity contribution in [2.45, 2.75) is 42.1 Å². The SMILES string of the molecule is O=C(C(Sc1nnnn1C1CCCC1)c1ccccc1)N1CCOCC1. The van der Waals surface area contributed by atoms with Crippen LogP contribution in [0, 0.1) is 0 Å². The number of carbonyl (C=O) groups is 1. The zero-order chi connectivity index (χ0) is 17.8. The normalized spacial score (nSPS) is 19.6. The lowest BCUT2D eigenvalue weighted by atomic mass is 10.1. The molecule has 1 aromatic heterocycles. The molecule has 0 N–H and O–H groups in total. The van der Waals surface area contributed by atoms with Crippen LogP contribution in [0.1, 0.15) is 42.5 Å². The second-order valence-corrected chi connectivity index (χ2v) is 7.76. The molecular formula is C18H23N5O2S. The minimum atomic E-state index is -0.347. The van der Waals surface area contributed by atoms with Crippen LogP contribution in [0.15, 0.2) is 35.5 Å². The first-order valence-corrected chi connectivity index (χ1v) is 10.1. The Balaban J connectivity index is 1.59. The topological polar surface area (TPSA) is 73.1 Å². The molecule has 26 heavy (non-hydrogen) atoms. The first-order chi connectivity index (χ1) is 12.8. The summed E-state index contributed by atoms with van der Waals surface area (Å²) in [5, 5.41) is 12.7. The Morgan fingerprint density at radius 3 is 2.62 bits per heavy atom. The first kappa shape index (κ1) is 17.5. The minimum Gasteiger partial charge on any atom is -0.378 e. The fourth-order valence-corrected chi connectivity index (χ4v) is 4.72. The minimum absolute atomic E-state index is 0.102. The van der Waals surface area contributed by atoms with Crippen molar-refractivity contribution >= 4 is 17.7 Å². The predicted molar refractivity (Wildman–Crippen MR) is 97.8 cm³/mol. The zero-order valence-corrected chi connectivity index (χ0v) is 15.5. The molecule has 1 aliphatic carbocycles. The Hall–Kier alpha value is -1.93. The molecule has 0 spiro atoms. The summed E-state index contributed by atoms with van der Waals surface area (Å²) in [5.41, 5.74) is 0.981. The number of nitrogens with zero attached hydrogens (tertiary/aromatic N) is 5. The summed E-state index contributed by atoms with van der Waals surface area (Å²) in [5.74, 6) is 0.102. The molecule has 8 heteroatoms. The van der Waals surface area contributed by atoms with Gasteiger partial charge >= 0.3 is 0 Å². The summed E-state index contributed by atoms with van der Waals surface area (Å²) in [6.45, 7) is 2.46. The highest BCUT2D eigenvalue weighted by Crippen LogP contribution is 2.38. The van der Waals surface area contributed by atoms with Crippen molar-refractivity contribution < 1.29 is 9.53 Å². The molecule has 1 unspecified atom stereocenters. The van der Waals surface area contributed by atoms with E-state index in [0.29, 0.717) is 32.3 Å². The molecule has 2 fully saturated rings. The molecule has 2 aliphatic rings. The molecule has 2 aromatic rings. The van der Waals surface area contributed by atoms with Gasteiger partial charge < -0.3 is 9.64 Å². The number of morpholine rings is 1. The number of hydrogen-bond donors (Lipinski definition) is 0. The van der Waals surface area contributed by atoms with Crippen molar-refractivity contribution in [3.05, 3.63) is 35.9 Å². The third-order valence-electron chi connectivity index (χ3n) is 5.01. The van der Waals surface area contributed by atoms with Crippen LogP contribution >= 0.6 is 11.8 Å². The lowest BCUT2D eigenvalue weighted by Crippen LogP contribution is -2.42. The lowest BCUT2D eigenvalue weighted by Gasteiger charge is -2.30. The molecule has 1 atom stereocenters. The van der Waals surface area contributed by atoms with Gasteiger partial charge in [0.15, 0.2) is 0 Å². The number of rotatable bonds is 5. The van der Waals surface area contributed by atoms with Gasteiger partial charge in [0.2, 0.25) is 11.1 Å². The Kier molecular flexibility index (Phi) is 5.50. The van der Waals surface area contributed by atoms with Gasteiger partial charge in [0, 0.05) is 13.1 Å². The van der Waals surface area contributed by atoms with Crippen molar-refractivity contribution in [2.75, 3.05) is 26.3 Å². The molecule has 1 aromatic carbocycles. The van der Waals surface area contributed by atoms with E-state index in [1.807, 2.05) is 39.9 Å². The van der Waals surface area contributed by atoms with Crippen LogP contribution in [-0.4, -0.2) is 57.3 Å². The number of tetrazole rings is 1. The highest BCUT2D eigenvalue weighted by atomic mass is 32.2. The third-order valence-corrected chi connectivity index (χ3v) is 6.19. The molecule has 1 saturated heterocycles. The molecule has 2 heterocycles. The van der Waals surface area contributed by atoms with E-state index in [0.717, 1.165) is 23.6 Å². The van der Waals surface area contributed by atoms with E-state index in [2.05, 4.69) is 15.5 Å². The van der Waals surface area contributed by atoms with E-state index in [1.54, 1.807) is 0 Å². The highest BCUT2D eigenvalue weighted by Gasteiger charge is 2.31. The lowest BCUT2D eigenvalue weighted by molar-refractivity contribution is -0.134. The summed E-state index contributed by atoms with van der Waals surface area (Å²) in [6.07, 6.45) is 4.63. The Labute approximate surface area is 157 Å². The molecule has 1 saturated carbocycles. The Bertz CT molecular complexity index is 726. The van der Waals surface area contributed by atoms with Gasteiger partial charge in [0.25, 0.3) is 0 Å². The second kappa shape index (κ2) is 8.18. The number of ether oxygens (including phenoxy) is 1. The van der Waals surface area contributed by atoms with Gasteiger partial charge in [-0.1, -0.05) is 54.9 Å². The Morgan fingerprint density at radius 1 is 1.15 bits per heavy atom. The fourth-order valence-electron chi connectivity index (χ4n) is 3.58. The zero-order valence-electron chi connectivity index (χ0n) is 14.7. The van der Waals surface area contributed by atoms with E-state index >= 15 is 0 Å². The van der Waals surface area contributed by atoms with E-state index in [4.69, 9.17) is 4.74 Å². The molecular weight excluding hydrogens is 350 g/mol. The van der Waals surface area contributed by atoms with Gasteiger partial charge in [0.05, 0.1) is 19.3 Å². The summed E-state index contributed by atoms with van der Waals surface area (Å²) in [4.78, 5) is 15.1. The van der Waals surface area contributed by atoms with Gasteiger partial charge in [-0.3, -0.25) is 4.79 Å². The van der Waals surface area contributed by atoms with Crippen LogP contribution in [-0.2, 0) is 9.53 Å². The van der Waals surface area contributed by atoms with Crippen LogP contribution < -0.4 is 0 Å². The molecule has 138 valence electrons. The van der Waals surface area contributed by atoms with Crippen LogP contribution in [0.3, 0.4) is 0 Å². The van der Waals surface area contributed by atoms with E-state index in [1.165, 1.54) is 24.6 Å². The van der Waals surface area contributed by atoms with E-state index in [9.17, 15) is 4.79 Å². The molecule has 1 amide bonds. The number of thioether (sulfide) groups is 1. The monoisotopic (exact) mass is 373 g/mol. The van der Waals surface area contributed by atoms with Crippen LogP contribution in [0.5, 0.6) is 0 Å². The molecule has 0 bridgehead atoms. The van der Waals surface area contributed by atoms with Crippen LogP contribution in [0.4, 0.5) is 0 Å². The molecule has 1 aliphatic heterocycles. The van der Waals surface area contributed by atoms with Crippen molar-refractivity contribution in [1.29, 1.82) is 0 Å². The number of amides is 1. The predicted octanol–water partition coefficient (Wildman–Crippen LogP) is 2.48. The maximum Gasteiger partial charge on any atom is 0.240 e. The average molecular weight is 373 g/mol. The smallest absolute Gasteiger partial charge is 0.240 e. The number of benzene rings is 1. The van der Waals surface area contributed by atoms with Gasteiger partial charge in [-0.2, -0.15) is 0 Å². The third kappa shape index (κ3) is 3.76. The number of aromatic nitrogens is 4. The van der Waals surface area contributed by atoms with Crippen molar-refractivity contribution in [3.8, 4) is 0 Å². The summed E-state index contributed by atoms with van der Waals surface area (Å²) >= 11 is 1.46. The fraction of sp³-hybridized carbons (Fsp3) is 0.556. The van der Waals surface area contributed by atoms with Gasteiger partial charge in [0.1, 0.15) is 5.25 Å². The van der Waals surface area contributed by atoms with Crippen molar-refractivity contribution in [2.24, 2.45) is 0 Å². The molecule has 7 nitrogen and oxygen atoms in total. The summed E-state index contributed by atoms with van der Waals surface area (Å²) in [7, 11) is 0. The quantitative estimate of drug-likeness (QED) is 0.750. The van der Waals surface area contributed by atoms with Gasteiger partial charge in [-0.05, 0) is 28.8 Å². The average Bonchev–Trinajstić information content (AvgIpc) is 3.38. The number of hydrogen-bond acceptors (Lipinski definition) is 6. The van der Waals surface area contributed by atoms with Crippen molar-refractivity contribution in [1.82, 2.24) is 25.1 Å². The highest BCUT2D eigenvalue weighted by molar-refractivity contribution is 8.00. The standard InChI is InChI=1S/C18H23N5O2S/c24-17(22-10-12-25-13-11-22)16(14-6-2-1-3-7-14)26-18-19-20-21-23(18)15-8-4-5-9-15/h1-3,6-7,15-16H,4-5,8-13H2. The summed E-state index contributed by atoms with van der Waals surface area (Å²) in [6, 6.07) is 10.2. The van der Waals surface area contributed by atoms with Crippen LogP contribution in [0.2, 0.25) is 0 Å². The van der Waals surface area contributed by atoms with Crippen molar-refractivity contribution in [3.63, 3.8) is 0 Å². The number of carbonyl (C=O) groups excluding carboxylic acids is 1. The summed E-state index contributed by atoms with van der Waals surface area (Å²) < 4.78 is 7.31. The van der Waals surface area contributed by atoms with Gasteiger partial charge in [-0.25, -0.2) is 4.68 Å².